The monoisotopic (exact) mass is 348 g/mol. The number of unbranched alkanes of at least 4 members (excludes halogenated alkanes) is 1. The molecule has 5 heteroatoms. The van der Waals surface area contributed by atoms with Crippen molar-refractivity contribution in [2.45, 2.75) is 66.3 Å². The Labute approximate surface area is 152 Å². The third-order valence-corrected chi connectivity index (χ3v) is 4.92. The van der Waals surface area contributed by atoms with E-state index in [0.717, 1.165) is 24.9 Å². The van der Waals surface area contributed by atoms with Gasteiger partial charge in [-0.15, -0.1) is 0 Å². The van der Waals surface area contributed by atoms with Crippen molar-refractivity contribution in [3.63, 3.8) is 0 Å². The standard InChI is InChI=1S/C20H33N3O2/c1-6-8-9-17(7-2)13-25-20-12-18(10-11-19(20)22-21)23(14-24)16(5)15(3)4/h10-12,14-17,21H,6-9,13H2,1-5H3/p+1. The highest BCUT2D eigenvalue weighted by Gasteiger charge is 2.19. The first-order chi connectivity index (χ1) is 12.0. The van der Waals surface area contributed by atoms with Crippen LogP contribution in [0, 0.1) is 11.8 Å². The summed E-state index contributed by atoms with van der Waals surface area (Å²) < 4.78 is 6.04. The minimum absolute atomic E-state index is 0.0963. The molecule has 25 heavy (non-hydrogen) atoms. The van der Waals surface area contributed by atoms with Crippen molar-refractivity contribution in [3.05, 3.63) is 18.2 Å². The zero-order valence-corrected chi connectivity index (χ0v) is 16.4. The minimum Gasteiger partial charge on any atom is -0.491 e. The Kier molecular flexibility index (Phi) is 9.17. The molecule has 0 aliphatic rings. The van der Waals surface area contributed by atoms with E-state index >= 15 is 0 Å². The maximum atomic E-state index is 11.6. The molecule has 0 saturated carbocycles. The smallest absolute Gasteiger partial charge is 0.214 e. The number of nitrogens with zero attached hydrogens (tertiary/aromatic N) is 2. The first-order valence-electron chi connectivity index (χ1n) is 9.39. The molecule has 2 unspecified atom stereocenters. The molecule has 0 saturated heterocycles. The summed E-state index contributed by atoms with van der Waals surface area (Å²) >= 11 is 0. The lowest BCUT2D eigenvalue weighted by atomic mass is 10.0. The number of anilines is 1. The summed E-state index contributed by atoms with van der Waals surface area (Å²) in [5.41, 5.74) is 6.91. The van der Waals surface area contributed by atoms with E-state index in [1.54, 1.807) is 11.0 Å². The lowest BCUT2D eigenvalue weighted by Crippen LogP contribution is -2.35. The quantitative estimate of drug-likeness (QED) is 0.456. The highest BCUT2D eigenvalue weighted by atomic mass is 16.5. The highest BCUT2D eigenvalue weighted by Crippen LogP contribution is 2.33. The molecule has 2 atom stereocenters. The molecule has 0 spiro atoms. The summed E-state index contributed by atoms with van der Waals surface area (Å²) in [5.74, 6) is 1.51. The van der Waals surface area contributed by atoms with Crippen molar-refractivity contribution in [1.29, 1.82) is 0 Å². The molecule has 5 nitrogen and oxygen atoms in total. The molecule has 0 heterocycles. The van der Waals surface area contributed by atoms with E-state index in [0.29, 0.717) is 29.9 Å². The first-order valence-corrected chi connectivity index (χ1v) is 9.39. The number of hydrogen-bond donors (Lipinski definition) is 1. The Morgan fingerprint density at radius 3 is 2.52 bits per heavy atom. The summed E-state index contributed by atoms with van der Waals surface area (Å²) in [6.07, 6.45) is 5.52. The topological polar surface area (TPSA) is 67.5 Å². The van der Waals surface area contributed by atoms with Gasteiger partial charge in [-0.1, -0.05) is 47.0 Å². The Morgan fingerprint density at radius 1 is 1.28 bits per heavy atom. The predicted octanol–water partition coefficient (Wildman–Crippen LogP) is 4.13. The van der Waals surface area contributed by atoms with Crippen molar-refractivity contribution in [2.24, 2.45) is 17.0 Å². The minimum atomic E-state index is 0.0963. The van der Waals surface area contributed by atoms with Gasteiger partial charge in [0.05, 0.1) is 6.61 Å². The van der Waals surface area contributed by atoms with Gasteiger partial charge in [0.15, 0.2) is 11.4 Å². The fourth-order valence-corrected chi connectivity index (χ4v) is 2.70. The van der Waals surface area contributed by atoms with E-state index < -0.39 is 0 Å². The zero-order valence-electron chi connectivity index (χ0n) is 16.4. The fourth-order valence-electron chi connectivity index (χ4n) is 2.70. The first kappa shape index (κ1) is 21.1. The van der Waals surface area contributed by atoms with E-state index in [1.807, 2.05) is 19.1 Å². The number of ether oxygens (including phenoxy) is 1. The van der Waals surface area contributed by atoms with Gasteiger partial charge >= 0.3 is 0 Å². The summed E-state index contributed by atoms with van der Waals surface area (Å²) in [4.78, 5) is 13.3. The third-order valence-electron chi connectivity index (χ3n) is 4.92. The van der Waals surface area contributed by atoms with E-state index in [2.05, 4.69) is 32.8 Å². The van der Waals surface area contributed by atoms with Crippen LogP contribution >= 0.6 is 0 Å². The van der Waals surface area contributed by atoms with Crippen LogP contribution in [0.2, 0.25) is 0 Å². The molecule has 140 valence electrons. The van der Waals surface area contributed by atoms with Crippen LogP contribution in [-0.4, -0.2) is 19.1 Å². The van der Waals surface area contributed by atoms with Gasteiger partial charge in [0.1, 0.15) is 0 Å². The number of benzene rings is 1. The SMILES string of the molecule is CCCCC(CC)COc1cc(N(C=O)C(C)C(C)C)ccc1N=[NH2+]. The summed E-state index contributed by atoms with van der Waals surface area (Å²) in [7, 11) is 0. The molecule has 0 aliphatic heterocycles. The fraction of sp³-hybridized carbons (Fsp3) is 0.650. The van der Waals surface area contributed by atoms with Gasteiger partial charge in [0.2, 0.25) is 6.41 Å². The predicted molar refractivity (Wildman–Crippen MR) is 102 cm³/mol. The van der Waals surface area contributed by atoms with Crippen LogP contribution in [0.25, 0.3) is 0 Å². The van der Waals surface area contributed by atoms with Gasteiger partial charge in [-0.2, -0.15) is 5.53 Å². The molecule has 1 aromatic carbocycles. The van der Waals surface area contributed by atoms with E-state index in [-0.39, 0.29) is 6.04 Å². The molecule has 0 aromatic heterocycles. The number of carbonyl (C=O) groups excluding carboxylic acids is 1. The number of carbonyl (C=O) groups is 1. The average Bonchev–Trinajstić information content (AvgIpc) is 2.62. The Morgan fingerprint density at radius 2 is 2.00 bits per heavy atom. The summed E-state index contributed by atoms with van der Waals surface area (Å²) in [6, 6.07) is 5.63. The van der Waals surface area contributed by atoms with E-state index in [1.165, 1.54) is 12.8 Å². The zero-order chi connectivity index (χ0) is 18.8. The second kappa shape index (κ2) is 10.9. The van der Waals surface area contributed by atoms with Crippen LogP contribution in [0.5, 0.6) is 5.75 Å². The molecular weight excluding hydrogens is 314 g/mol. The normalized spacial score (nSPS) is 13.4. The van der Waals surface area contributed by atoms with E-state index in [4.69, 9.17) is 10.3 Å². The van der Waals surface area contributed by atoms with Crippen LogP contribution in [-0.2, 0) is 4.79 Å². The molecule has 0 bridgehead atoms. The number of nitrogens with two attached hydrogens (primary N) is 1. The molecule has 0 fully saturated rings. The van der Waals surface area contributed by atoms with Gasteiger partial charge < -0.3 is 9.64 Å². The van der Waals surface area contributed by atoms with Crippen LogP contribution in [0.4, 0.5) is 11.4 Å². The van der Waals surface area contributed by atoms with Crippen LogP contribution in [0.15, 0.2) is 23.3 Å². The van der Waals surface area contributed by atoms with Crippen molar-refractivity contribution in [3.8, 4) is 5.75 Å². The van der Waals surface area contributed by atoms with Gasteiger partial charge in [0, 0.05) is 17.8 Å². The average molecular weight is 349 g/mol. The van der Waals surface area contributed by atoms with Gasteiger partial charge in [-0.25, -0.2) is 0 Å². The number of amides is 1. The second-order valence-corrected chi connectivity index (χ2v) is 7.01. The number of rotatable bonds is 12. The van der Waals surface area contributed by atoms with Crippen LogP contribution in [0.1, 0.15) is 60.3 Å². The van der Waals surface area contributed by atoms with Crippen molar-refractivity contribution in [2.75, 3.05) is 11.5 Å². The molecule has 2 N–H and O–H groups in total. The Bertz CT molecular complexity index is 546. The highest BCUT2D eigenvalue weighted by molar-refractivity contribution is 5.78. The van der Waals surface area contributed by atoms with Crippen molar-refractivity contribution in [1.82, 2.24) is 0 Å². The van der Waals surface area contributed by atoms with Gasteiger partial charge in [0.25, 0.3) is 0 Å². The molecule has 1 aromatic rings. The summed E-state index contributed by atoms with van der Waals surface area (Å²) in [6.45, 7) is 11.3. The molecule has 1 rings (SSSR count). The number of hydrogen-bond acceptors (Lipinski definition) is 3. The van der Waals surface area contributed by atoms with Crippen molar-refractivity contribution >= 4 is 17.8 Å². The van der Waals surface area contributed by atoms with Gasteiger partial charge in [-0.3, -0.25) is 4.79 Å². The van der Waals surface area contributed by atoms with Crippen LogP contribution < -0.4 is 15.2 Å². The van der Waals surface area contributed by atoms with Crippen molar-refractivity contribution < 1.29 is 15.1 Å². The lowest BCUT2D eigenvalue weighted by Gasteiger charge is -2.28. The molecule has 0 radical (unpaired) electrons. The van der Waals surface area contributed by atoms with E-state index in [9.17, 15) is 4.79 Å². The second-order valence-electron chi connectivity index (χ2n) is 7.01. The maximum Gasteiger partial charge on any atom is 0.214 e. The Hall–Kier alpha value is -1.91. The molecule has 0 aliphatic carbocycles. The molecular formula is C20H34N3O2+. The van der Waals surface area contributed by atoms with Gasteiger partial charge in [-0.05, 0) is 42.4 Å². The maximum absolute atomic E-state index is 11.6. The summed E-state index contributed by atoms with van der Waals surface area (Å²) in [5, 5.41) is 3.81. The Balaban J connectivity index is 2.97. The van der Waals surface area contributed by atoms with Crippen LogP contribution in [0.3, 0.4) is 0 Å². The largest absolute Gasteiger partial charge is 0.491 e. The molecule has 1 amide bonds. The lowest BCUT2D eigenvalue weighted by molar-refractivity contribution is -0.210. The third kappa shape index (κ3) is 6.15.